The summed E-state index contributed by atoms with van der Waals surface area (Å²) >= 11 is 0. The van der Waals surface area contributed by atoms with Crippen LogP contribution < -0.4 is 9.47 Å². The van der Waals surface area contributed by atoms with E-state index in [1.165, 1.54) is 50.7 Å². The molecule has 2 aromatic carbocycles. The molecule has 0 spiro atoms. The van der Waals surface area contributed by atoms with Crippen LogP contribution in [0, 0.1) is 0 Å². The number of hydrogen-bond acceptors (Lipinski definition) is 6. The predicted octanol–water partition coefficient (Wildman–Crippen LogP) is 10.3. The molecule has 0 saturated carbocycles. The first kappa shape index (κ1) is 36.0. The lowest BCUT2D eigenvalue weighted by Gasteiger charge is -2.21. The highest BCUT2D eigenvalue weighted by Gasteiger charge is 2.40. The van der Waals surface area contributed by atoms with Gasteiger partial charge in [-0.1, -0.05) is 96.6 Å². The Labute approximate surface area is 265 Å². The Morgan fingerprint density at radius 1 is 0.733 bits per heavy atom. The van der Waals surface area contributed by atoms with Gasteiger partial charge in [-0.15, -0.1) is 0 Å². The molecule has 3 aromatic rings. The van der Waals surface area contributed by atoms with E-state index in [1.54, 1.807) is 48.8 Å². The summed E-state index contributed by atoms with van der Waals surface area (Å²) in [6.45, 7) is 4.69. The van der Waals surface area contributed by atoms with Gasteiger partial charge >= 0.3 is 12.1 Å². The lowest BCUT2D eigenvalue weighted by molar-refractivity contribution is -0.225. The van der Waals surface area contributed by atoms with Crippen molar-refractivity contribution in [2.75, 3.05) is 6.61 Å². The van der Waals surface area contributed by atoms with E-state index in [1.807, 2.05) is 6.92 Å². The van der Waals surface area contributed by atoms with Crippen molar-refractivity contribution in [3.05, 3.63) is 72.1 Å². The predicted molar refractivity (Wildman–Crippen MR) is 170 cm³/mol. The lowest BCUT2D eigenvalue weighted by atomic mass is 10.1. The third kappa shape index (κ3) is 13.6. The summed E-state index contributed by atoms with van der Waals surface area (Å²) in [7, 11) is 0. The van der Waals surface area contributed by atoms with Crippen molar-refractivity contribution >= 4 is 5.97 Å². The first-order chi connectivity index (χ1) is 21.8. The van der Waals surface area contributed by atoms with Crippen LogP contribution in [0.25, 0.3) is 11.4 Å². The van der Waals surface area contributed by atoms with E-state index in [2.05, 4.69) is 16.9 Å². The fourth-order valence-electron chi connectivity index (χ4n) is 4.84. The molecule has 0 bridgehead atoms. The van der Waals surface area contributed by atoms with Gasteiger partial charge < -0.3 is 14.2 Å². The number of ether oxygens (including phenoxy) is 3. The fourth-order valence-corrected chi connectivity index (χ4v) is 4.84. The number of carbonyl (C=O) groups is 1. The lowest BCUT2D eigenvalue weighted by Crippen LogP contribution is -2.31. The minimum Gasteiger partial charge on any atom is -0.490 e. The average molecular weight is 629 g/mol. The maximum absolute atomic E-state index is 13.4. The highest BCUT2D eigenvalue weighted by Crippen LogP contribution is 2.28. The fraction of sp³-hybridized carbons (Fsp3) is 0.528. The number of aromatic nitrogens is 2. The quantitative estimate of drug-likeness (QED) is 0.0664. The van der Waals surface area contributed by atoms with Crippen LogP contribution in [0.1, 0.15) is 113 Å². The van der Waals surface area contributed by atoms with Crippen molar-refractivity contribution in [3.63, 3.8) is 0 Å². The van der Waals surface area contributed by atoms with E-state index in [4.69, 9.17) is 14.2 Å². The molecule has 1 aromatic heterocycles. The molecule has 0 N–H and O–H groups in total. The smallest absolute Gasteiger partial charge is 0.414 e. The van der Waals surface area contributed by atoms with Gasteiger partial charge in [-0.05, 0) is 54.8 Å². The van der Waals surface area contributed by atoms with Crippen molar-refractivity contribution in [1.29, 1.82) is 0 Å². The van der Waals surface area contributed by atoms with Crippen LogP contribution in [0.5, 0.6) is 11.5 Å². The topological polar surface area (TPSA) is 70.5 Å². The largest absolute Gasteiger partial charge is 0.490 e. The normalized spacial score (nSPS) is 12.2. The van der Waals surface area contributed by atoms with E-state index in [-0.39, 0.29) is 18.6 Å². The molecule has 0 fully saturated rings. The van der Waals surface area contributed by atoms with Crippen LogP contribution in [-0.4, -0.2) is 34.8 Å². The highest BCUT2D eigenvalue weighted by molar-refractivity contribution is 5.91. The summed E-state index contributed by atoms with van der Waals surface area (Å²) in [6.07, 6.45) is 10.1. The molecule has 1 unspecified atom stereocenters. The molecule has 45 heavy (non-hydrogen) atoms. The molecule has 0 aliphatic rings. The number of carbonyl (C=O) groups excluding carboxylic acids is 1. The zero-order valence-corrected chi connectivity index (χ0v) is 26.6. The molecule has 9 heteroatoms. The number of nitrogens with zero attached hydrogens (tertiary/aromatic N) is 2. The molecule has 1 atom stereocenters. The van der Waals surface area contributed by atoms with E-state index >= 15 is 0 Å². The minimum absolute atomic E-state index is 0.0576. The van der Waals surface area contributed by atoms with Gasteiger partial charge in [0.15, 0.2) is 17.7 Å². The second kappa shape index (κ2) is 19.8. The van der Waals surface area contributed by atoms with Crippen molar-refractivity contribution in [1.82, 2.24) is 9.97 Å². The molecule has 0 radical (unpaired) electrons. The number of rotatable bonds is 21. The van der Waals surface area contributed by atoms with E-state index in [0.717, 1.165) is 37.7 Å². The zero-order chi connectivity index (χ0) is 32.3. The van der Waals surface area contributed by atoms with Gasteiger partial charge in [0.05, 0.1) is 31.2 Å². The van der Waals surface area contributed by atoms with Gasteiger partial charge in [-0.3, -0.25) is 0 Å². The molecular weight excluding hydrogens is 581 g/mol. The average Bonchev–Trinajstić information content (AvgIpc) is 3.04. The molecular formula is C36H47F3N2O4. The van der Waals surface area contributed by atoms with Gasteiger partial charge in [-0.25, -0.2) is 14.8 Å². The number of esters is 1. The molecule has 0 amide bonds. The number of hydrogen-bond donors (Lipinski definition) is 0. The second-order valence-corrected chi connectivity index (χ2v) is 11.4. The number of unbranched alkanes of at least 4 members (excludes halogenated alkanes) is 10. The summed E-state index contributed by atoms with van der Waals surface area (Å²) in [6, 6.07) is 13.0. The summed E-state index contributed by atoms with van der Waals surface area (Å²) in [5.74, 6) is 0.928. The van der Waals surface area contributed by atoms with Crippen LogP contribution in [0.3, 0.4) is 0 Å². The molecule has 246 valence electrons. The van der Waals surface area contributed by atoms with Crippen LogP contribution in [0.4, 0.5) is 13.2 Å². The number of alkyl halides is 3. The first-order valence-corrected chi connectivity index (χ1v) is 16.3. The van der Waals surface area contributed by atoms with Crippen LogP contribution >= 0.6 is 0 Å². The summed E-state index contributed by atoms with van der Waals surface area (Å²) in [4.78, 5) is 21.4. The Bertz CT molecular complexity index is 1230. The third-order valence-electron chi connectivity index (χ3n) is 7.54. The van der Waals surface area contributed by atoms with E-state index < -0.39 is 18.2 Å². The SMILES string of the molecule is CCCCCCCCCCOc1cnc(-c2ccc(OC(=O)c3ccc(COC(CCCCCC)C(F)(F)F)cc3)cc2)nc1. The maximum atomic E-state index is 13.4. The molecule has 6 nitrogen and oxygen atoms in total. The molecule has 0 aliphatic heterocycles. The number of benzene rings is 2. The second-order valence-electron chi connectivity index (χ2n) is 11.4. The van der Waals surface area contributed by atoms with Crippen LogP contribution in [-0.2, 0) is 11.3 Å². The summed E-state index contributed by atoms with van der Waals surface area (Å²) in [5, 5.41) is 0. The third-order valence-corrected chi connectivity index (χ3v) is 7.54. The Morgan fingerprint density at radius 3 is 1.91 bits per heavy atom. The van der Waals surface area contributed by atoms with Gasteiger partial charge in [0.25, 0.3) is 0 Å². The molecule has 1 heterocycles. The zero-order valence-electron chi connectivity index (χ0n) is 26.6. The van der Waals surface area contributed by atoms with Crippen molar-refractivity contribution in [2.24, 2.45) is 0 Å². The van der Waals surface area contributed by atoms with Crippen molar-refractivity contribution < 1.29 is 32.2 Å². The monoisotopic (exact) mass is 628 g/mol. The summed E-state index contributed by atoms with van der Waals surface area (Å²) < 4.78 is 56.5. The van der Waals surface area contributed by atoms with Gasteiger partial charge in [0.1, 0.15) is 5.75 Å². The van der Waals surface area contributed by atoms with Gasteiger partial charge in [0, 0.05) is 5.56 Å². The van der Waals surface area contributed by atoms with Gasteiger partial charge in [-0.2, -0.15) is 13.2 Å². The highest BCUT2D eigenvalue weighted by atomic mass is 19.4. The molecule has 0 aliphatic carbocycles. The number of halogens is 3. The van der Waals surface area contributed by atoms with Crippen LogP contribution in [0.15, 0.2) is 60.9 Å². The Hall–Kier alpha value is -3.46. The van der Waals surface area contributed by atoms with E-state index in [9.17, 15) is 18.0 Å². The Kier molecular flexibility index (Phi) is 15.9. The minimum atomic E-state index is -4.41. The molecule has 3 rings (SSSR count). The van der Waals surface area contributed by atoms with E-state index in [0.29, 0.717) is 35.9 Å². The Balaban J connectivity index is 1.41. The van der Waals surface area contributed by atoms with Crippen molar-refractivity contribution in [2.45, 2.75) is 116 Å². The maximum Gasteiger partial charge on any atom is 0.414 e. The van der Waals surface area contributed by atoms with Gasteiger partial charge in [0.2, 0.25) is 0 Å². The van der Waals surface area contributed by atoms with Crippen LogP contribution in [0.2, 0.25) is 0 Å². The Morgan fingerprint density at radius 2 is 1.31 bits per heavy atom. The standard InChI is InChI=1S/C36H47F3N2O4/c1-3-5-7-9-10-11-12-14-24-43-32-25-40-34(41-26-32)29-20-22-31(23-21-29)45-35(42)30-18-16-28(17-19-30)27-44-33(36(37,38)39)15-13-8-6-4-2/h16-23,25-26,33H,3-15,24,27H2,1-2H3. The van der Waals surface area contributed by atoms with Crippen molar-refractivity contribution in [3.8, 4) is 22.9 Å². The molecule has 0 saturated heterocycles. The first-order valence-electron chi connectivity index (χ1n) is 16.3. The summed E-state index contributed by atoms with van der Waals surface area (Å²) in [5.41, 5.74) is 1.58.